The molecule has 1 aliphatic heterocycles. The van der Waals surface area contributed by atoms with Gasteiger partial charge in [0.05, 0.1) is 31.6 Å². The summed E-state index contributed by atoms with van der Waals surface area (Å²) in [6, 6.07) is 19.9. The van der Waals surface area contributed by atoms with Gasteiger partial charge in [0.25, 0.3) is 5.91 Å². The largest absolute Gasteiger partial charge is 0.493 e. The number of para-hydroxylation sites is 2. The number of halogens is 1. The first kappa shape index (κ1) is 25.1. The first-order valence-corrected chi connectivity index (χ1v) is 12.9. The van der Waals surface area contributed by atoms with Gasteiger partial charge in [0.1, 0.15) is 0 Å². The molecule has 5 rings (SSSR count). The normalized spacial score (nSPS) is 18.4. The molecule has 0 bridgehead atoms. The van der Waals surface area contributed by atoms with E-state index in [1.165, 1.54) is 0 Å². The van der Waals surface area contributed by atoms with Crippen LogP contribution in [0.5, 0.6) is 11.5 Å². The molecular weight excluding hydrogens is 532 g/mol. The monoisotopic (exact) mass is 560 g/mol. The second kappa shape index (κ2) is 9.71. The third-order valence-corrected chi connectivity index (χ3v) is 7.46. The minimum absolute atomic E-state index is 0.0277. The maximum atomic E-state index is 14.3. The summed E-state index contributed by atoms with van der Waals surface area (Å²) in [5.74, 6) is 0.939. The number of hydrogen-bond donors (Lipinski definition) is 1. The van der Waals surface area contributed by atoms with E-state index in [9.17, 15) is 9.59 Å². The number of Topliss-reactive ketones (excluding diaryl/α,β-unsaturated/α-hetero) is 1. The van der Waals surface area contributed by atoms with Crippen LogP contribution in [0.2, 0.25) is 0 Å². The molecule has 37 heavy (non-hydrogen) atoms. The van der Waals surface area contributed by atoms with E-state index in [4.69, 9.17) is 9.47 Å². The number of nitrogens with zero attached hydrogens (tertiary/aromatic N) is 1. The molecule has 0 saturated carbocycles. The lowest BCUT2D eigenvalue weighted by Gasteiger charge is -2.37. The Morgan fingerprint density at radius 2 is 1.68 bits per heavy atom. The van der Waals surface area contributed by atoms with Crippen molar-refractivity contribution >= 4 is 39.0 Å². The average molecular weight is 561 g/mol. The molecule has 1 amide bonds. The Labute approximate surface area is 225 Å². The summed E-state index contributed by atoms with van der Waals surface area (Å²) in [6.45, 7) is 4.20. The molecular formula is C30H29BrN2O4. The molecule has 1 atom stereocenters. The maximum Gasteiger partial charge on any atom is 0.259 e. The lowest BCUT2D eigenvalue weighted by Crippen LogP contribution is -2.39. The fourth-order valence-electron chi connectivity index (χ4n) is 5.28. The highest BCUT2D eigenvalue weighted by Crippen LogP contribution is 2.49. The molecule has 1 N–H and O–H groups in total. The predicted octanol–water partition coefficient (Wildman–Crippen LogP) is 6.92. The van der Waals surface area contributed by atoms with Crippen LogP contribution >= 0.6 is 15.9 Å². The number of anilines is 2. The Morgan fingerprint density at radius 1 is 0.973 bits per heavy atom. The van der Waals surface area contributed by atoms with Gasteiger partial charge in [-0.15, -0.1) is 0 Å². The Kier molecular flexibility index (Phi) is 6.58. The molecule has 0 saturated heterocycles. The van der Waals surface area contributed by atoms with Crippen molar-refractivity contribution in [1.82, 2.24) is 0 Å². The van der Waals surface area contributed by atoms with E-state index in [-0.39, 0.29) is 17.1 Å². The van der Waals surface area contributed by atoms with Crippen molar-refractivity contribution in [3.63, 3.8) is 0 Å². The number of carbonyl (C=O) groups excluding carboxylic acids is 2. The molecule has 3 aromatic carbocycles. The summed E-state index contributed by atoms with van der Waals surface area (Å²) >= 11 is 3.46. The Hall–Kier alpha value is -3.58. The van der Waals surface area contributed by atoms with Crippen molar-refractivity contribution in [2.24, 2.45) is 5.41 Å². The van der Waals surface area contributed by atoms with Crippen LogP contribution in [-0.2, 0) is 4.79 Å². The molecule has 2 aliphatic rings. The molecule has 0 aromatic heterocycles. The second-order valence-electron chi connectivity index (χ2n) is 10.2. The maximum absolute atomic E-state index is 14.3. The lowest BCUT2D eigenvalue weighted by molar-refractivity contribution is -0.118. The Bertz CT molecular complexity index is 1410. The van der Waals surface area contributed by atoms with Gasteiger partial charge >= 0.3 is 0 Å². The van der Waals surface area contributed by atoms with E-state index in [0.29, 0.717) is 41.2 Å². The first-order chi connectivity index (χ1) is 17.7. The fourth-order valence-corrected chi connectivity index (χ4v) is 5.54. The number of benzene rings is 3. The first-order valence-electron chi connectivity index (χ1n) is 12.2. The number of hydrogen-bond acceptors (Lipinski definition) is 5. The van der Waals surface area contributed by atoms with E-state index in [0.717, 1.165) is 21.4 Å². The fraction of sp³-hybridized carbons (Fsp3) is 0.267. The smallest absolute Gasteiger partial charge is 0.259 e. The number of methoxy groups -OCH3 is 2. The van der Waals surface area contributed by atoms with E-state index in [1.54, 1.807) is 31.3 Å². The van der Waals surface area contributed by atoms with Crippen LogP contribution in [-0.4, -0.2) is 25.9 Å². The van der Waals surface area contributed by atoms with Gasteiger partial charge in [-0.1, -0.05) is 48.0 Å². The topological polar surface area (TPSA) is 67.9 Å². The Balaban J connectivity index is 1.80. The van der Waals surface area contributed by atoms with Gasteiger partial charge in [-0.2, -0.15) is 0 Å². The lowest BCUT2D eigenvalue weighted by atomic mass is 9.73. The van der Waals surface area contributed by atoms with Crippen LogP contribution in [0.4, 0.5) is 11.4 Å². The second-order valence-corrected chi connectivity index (χ2v) is 11.1. The van der Waals surface area contributed by atoms with Gasteiger partial charge in [-0.3, -0.25) is 14.5 Å². The van der Waals surface area contributed by atoms with E-state index in [1.807, 2.05) is 54.6 Å². The third-order valence-electron chi connectivity index (χ3n) is 6.93. The van der Waals surface area contributed by atoms with Crippen molar-refractivity contribution < 1.29 is 19.1 Å². The molecule has 7 heteroatoms. The van der Waals surface area contributed by atoms with Gasteiger partial charge in [0.2, 0.25) is 0 Å². The van der Waals surface area contributed by atoms with Gasteiger partial charge in [-0.05, 0) is 65.9 Å². The van der Waals surface area contributed by atoms with Crippen LogP contribution in [0.1, 0.15) is 48.7 Å². The van der Waals surface area contributed by atoms with E-state index < -0.39 is 6.04 Å². The molecule has 6 nitrogen and oxygen atoms in total. The number of carbonyl (C=O) groups is 2. The summed E-state index contributed by atoms with van der Waals surface area (Å²) in [6.07, 6.45) is 1.08. The van der Waals surface area contributed by atoms with Crippen LogP contribution in [0.25, 0.3) is 0 Å². The SMILES string of the molecule is COc1ccc([C@@H]2C3=C(CC(C)(C)CC3=O)Nc3ccccc3N2C(=O)c2ccc(Br)cc2)cc1OC. The molecule has 1 heterocycles. The van der Waals surface area contributed by atoms with Gasteiger partial charge in [-0.25, -0.2) is 0 Å². The minimum atomic E-state index is -0.661. The van der Waals surface area contributed by atoms with Crippen LogP contribution in [0, 0.1) is 5.41 Å². The number of amides is 1. The number of fused-ring (bicyclic) bond motifs is 1. The van der Waals surface area contributed by atoms with Crippen LogP contribution in [0.3, 0.4) is 0 Å². The zero-order chi connectivity index (χ0) is 26.3. The third kappa shape index (κ3) is 4.64. The zero-order valence-corrected chi connectivity index (χ0v) is 22.9. The van der Waals surface area contributed by atoms with Crippen LogP contribution < -0.4 is 19.7 Å². The predicted molar refractivity (Wildman–Crippen MR) is 148 cm³/mol. The summed E-state index contributed by atoms with van der Waals surface area (Å²) < 4.78 is 12.0. The molecule has 0 fully saturated rings. The molecule has 0 spiro atoms. The van der Waals surface area contributed by atoms with Gasteiger partial charge < -0.3 is 14.8 Å². The highest BCUT2D eigenvalue weighted by Gasteiger charge is 2.43. The molecule has 3 aromatic rings. The molecule has 0 unspecified atom stereocenters. The minimum Gasteiger partial charge on any atom is -0.493 e. The number of ketones is 1. The Morgan fingerprint density at radius 3 is 2.38 bits per heavy atom. The number of ether oxygens (including phenoxy) is 2. The van der Waals surface area contributed by atoms with Gasteiger partial charge in [0.15, 0.2) is 17.3 Å². The highest BCUT2D eigenvalue weighted by atomic mass is 79.9. The number of allylic oxidation sites excluding steroid dienone is 1. The average Bonchev–Trinajstić information content (AvgIpc) is 3.02. The van der Waals surface area contributed by atoms with Crippen molar-refractivity contribution in [2.45, 2.75) is 32.7 Å². The summed E-state index contributed by atoms with van der Waals surface area (Å²) in [5.41, 5.74) is 4.03. The van der Waals surface area contributed by atoms with Crippen molar-refractivity contribution in [3.05, 3.63) is 93.6 Å². The zero-order valence-electron chi connectivity index (χ0n) is 21.3. The number of nitrogens with one attached hydrogen (secondary N) is 1. The van der Waals surface area contributed by atoms with Crippen LogP contribution in [0.15, 0.2) is 82.5 Å². The quantitative estimate of drug-likeness (QED) is 0.375. The van der Waals surface area contributed by atoms with Crippen molar-refractivity contribution in [1.29, 1.82) is 0 Å². The number of rotatable bonds is 4. The summed E-state index contributed by atoms with van der Waals surface area (Å²) in [5, 5.41) is 3.55. The summed E-state index contributed by atoms with van der Waals surface area (Å²) in [7, 11) is 3.16. The summed E-state index contributed by atoms with van der Waals surface area (Å²) in [4.78, 5) is 29.9. The van der Waals surface area contributed by atoms with Crippen molar-refractivity contribution in [3.8, 4) is 11.5 Å². The molecule has 190 valence electrons. The van der Waals surface area contributed by atoms with Crippen molar-refractivity contribution in [2.75, 3.05) is 24.4 Å². The van der Waals surface area contributed by atoms with E-state index in [2.05, 4.69) is 35.1 Å². The molecule has 1 aliphatic carbocycles. The molecule has 0 radical (unpaired) electrons. The highest BCUT2D eigenvalue weighted by molar-refractivity contribution is 9.10. The standard InChI is InChI=1S/C30H29BrN2O4/c1-30(2)16-22-27(24(34)17-30)28(19-11-14-25(36-3)26(15-19)37-4)33(23-8-6-5-7-21(23)32-22)29(35)18-9-12-20(31)13-10-18/h5-15,28,32H,16-17H2,1-4H3/t28-/m1/s1. The van der Waals surface area contributed by atoms with E-state index >= 15 is 0 Å². The van der Waals surface area contributed by atoms with Gasteiger partial charge in [0, 0.05) is 27.7 Å².